The Morgan fingerprint density at radius 1 is 1.15 bits per heavy atom. The van der Waals surface area contributed by atoms with Crippen LogP contribution < -0.4 is 10.6 Å². The van der Waals surface area contributed by atoms with Gasteiger partial charge in [0.1, 0.15) is 12.0 Å². The first-order chi connectivity index (χ1) is 16.5. The number of likely N-dealkylation sites (tertiary alicyclic amines) is 1. The van der Waals surface area contributed by atoms with E-state index < -0.39 is 17.9 Å². The van der Waals surface area contributed by atoms with Gasteiger partial charge in [-0.3, -0.25) is 4.79 Å². The van der Waals surface area contributed by atoms with Gasteiger partial charge in [-0.25, -0.2) is 8.78 Å². The Morgan fingerprint density at radius 2 is 1.94 bits per heavy atom. The molecule has 0 spiro atoms. The average Bonchev–Trinajstić information content (AvgIpc) is 3.29. The zero-order valence-electron chi connectivity index (χ0n) is 18.6. The summed E-state index contributed by atoms with van der Waals surface area (Å²) in [4.78, 5) is 14.6. The standard InChI is InChI=1S/C24H26ClF2N5O2/c25-20-15-17(29-22(33)19-5-1-2-6-21(19)27)7-8-18(20)23-30-31-24(34-23)28-11-3-4-12-32-13-9-16(26)10-14-32/h1-2,5-8,15-16H,3-4,9-14H2,(H,28,31)(H,29,33). The van der Waals surface area contributed by atoms with Crippen LogP contribution in [0.1, 0.15) is 36.0 Å². The van der Waals surface area contributed by atoms with Gasteiger partial charge in [0, 0.05) is 25.3 Å². The minimum atomic E-state index is -0.646. The largest absolute Gasteiger partial charge is 0.403 e. The van der Waals surface area contributed by atoms with Gasteiger partial charge in [0.25, 0.3) is 11.8 Å². The maximum atomic E-state index is 13.8. The van der Waals surface area contributed by atoms with E-state index in [0.29, 0.717) is 41.7 Å². The fraction of sp³-hybridized carbons (Fsp3) is 0.375. The summed E-state index contributed by atoms with van der Waals surface area (Å²) in [5, 5.41) is 14.1. The van der Waals surface area contributed by atoms with Crippen molar-refractivity contribution in [3.05, 3.63) is 58.9 Å². The normalized spacial score (nSPS) is 14.8. The molecule has 180 valence electrons. The molecule has 4 rings (SSSR count). The number of aromatic nitrogens is 2. The van der Waals surface area contributed by atoms with Crippen LogP contribution in [0.2, 0.25) is 5.02 Å². The summed E-state index contributed by atoms with van der Waals surface area (Å²) in [6.07, 6.45) is 2.53. The molecule has 2 N–H and O–H groups in total. The fourth-order valence-corrected chi connectivity index (χ4v) is 4.06. The van der Waals surface area contributed by atoms with E-state index in [1.807, 2.05) is 0 Å². The van der Waals surface area contributed by atoms with Gasteiger partial charge in [-0.05, 0) is 62.6 Å². The third kappa shape index (κ3) is 6.30. The highest BCUT2D eigenvalue weighted by Gasteiger charge is 2.18. The van der Waals surface area contributed by atoms with Crippen LogP contribution in [0, 0.1) is 5.82 Å². The third-order valence-corrected chi connectivity index (χ3v) is 6.01. The van der Waals surface area contributed by atoms with Crippen LogP contribution in [-0.4, -0.2) is 53.4 Å². The molecule has 2 heterocycles. The lowest BCUT2D eigenvalue weighted by Gasteiger charge is -2.28. The zero-order valence-corrected chi connectivity index (χ0v) is 19.3. The number of nitrogens with one attached hydrogen (secondary N) is 2. The minimum Gasteiger partial charge on any atom is -0.403 e. The topological polar surface area (TPSA) is 83.3 Å². The smallest absolute Gasteiger partial charge is 0.315 e. The van der Waals surface area contributed by atoms with Gasteiger partial charge < -0.3 is 20.0 Å². The Bertz CT molecular complexity index is 1120. The lowest BCUT2D eigenvalue weighted by Crippen LogP contribution is -2.35. The molecule has 1 amide bonds. The minimum absolute atomic E-state index is 0.0559. The number of anilines is 2. The molecule has 1 saturated heterocycles. The molecule has 0 radical (unpaired) electrons. The molecule has 0 saturated carbocycles. The number of piperidine rings is 1. The number of alkyl halides is 1. The van der Waals surface area contributed by atoms with Crippen molar-refractivity contribution < 1.29 is 18.0 Å². The lowest BCUT2D eigenvalue weighted by atomic mass is 10.1. The third-order valence-electron chi connectivity index (χ3n) is 5.70. The van der Waals surface area contributed by atoms with E-state index in [4.69, 9.17) is 16.0 Å². The second-order valence-corrected chi connectivity index (χ2v) is 8.60. The Hall–Kier alpha value is -3.04. The van der Waals surface area contributed by atoms with Crippen molar-refractivity contribution in [1.82, 2.24) is 15.1 Å². The van der Waals surface area contributed by atoms with Crippen molar-refractivity contribution in [3.8, 4) is 11.5 Å². The first-order valence-electron chi connectivity index (χ1n) is 11.3. The second kappa shape index (κ2) is 11.4. The van der Waals surface area contributed by atoms with E-state index in [1.165, 1.54) is 18.2 Å². The Balaban J connectivity index is 1.26. The van der Waals surface area contributed by atoms with Crippen LogP contribution in [0.4, 0.5) is 20.5 Å². The first kappa shape index (κ1) is 24.1. The number of carbonyl (C=O) groups is 1. The summed E-state index contributed by atoms with van der Waals surface area (Å²) < 4.78 is 32.6. The molecule has 1 fully saturated rings. The predicted molar refractivity (Wildman–Crippen MR) is 127 cm³/mol. The van der Waals surface area contributed by atoms with Gasteiger partial charge >= 0.3 is 6.01 Å². The quantitative estimate of drug-likeness (QED) is 0.391. The van der Waals surface area contributed by atoms with Crippen molar-refractivity contribution >= 4 is 29.2 Å². The molecule has 1 aliphatic rings. The number of rotatable bonds is 9. The van der Waals surface area contributed by atoms with E-state index >= 15 is 0 Å². The number of benzene rings is 2. The van der Waals surface area contributed by atoms with Gasteiger partial charge in [-0.2, -0.15) is 0 Å². The van der Waals surface area contributed by atoms with Gasteiger partial charge in [-0.1, -0.05) is 28.8 Å². The second-order valence-electron chi connectivity index (χ2n) is 8.19. The summed E-state index contributed by atoms with van der Waals surface area (Å²) in [6.45, 7) is 3.29. The lowest BCUT2D eigenvalue weighted by molar-refractivity contribution is 0.102. The maximum absolute atomic E-state index is 13.8. The molecular formula is C24H26ClF2N5O2. The van der Waals surface area contributed by atoms with Crippen LogP contribution >= 0.6 is 11.6 Å². The predicted octanol–water partition coefficient (Wildman–Crippen LogP) is 5.41. The van der Waals surface area contributed by atoms with Crippen LogP contribution in [0.5, 0.6) is 0 Å². The van der Waals surface area contributed by atoms with Gasteiger partial charge in [-0.15, -0.1) is 5.10 Å². The molecule has 3 aromatic rings. The first-order valence-corrected chi connectivity index (χ1v) is 11.7. The van der Waals surface area contributed by atoms with Crippen LogP contribution in [-0.2, 0) is 0 Å². The summed E-state index contributed by atoms with van der Waals surface area (Å²) in [6, 6.07) is 10.8. The van der Waals surface area contributed by atoms with Crippen LogP contribution in [0.15, 0.2) is 46.9 Å². The Labute approximate surface area is 201 Å². The number of hydrogen-bond donors (Lipinski definition) is 2. The average molecular weight is 490 g/mol. The highest BCUT2D eigenvalue weighted by Crippen LogP contribution is 2.30. The summed E-state index contributed by atoms with van der Waals surface area (Å²) in [5.41, 5.74) is 0.873. The Kier molecular flexibility index (Phi) is 8.08. The number of unbranched alkanes of at least 4 members (excludes halogenated alkanes) is 1. The van der Waals surface area contributed by atoms with E-state index in [0.717, 1.165) is 32.5 Å². The van der Waals surface area contributed by atoms with Gasteiger partial charge in [0.2, 0.25) is 0 Å². The summed E-state index contributed by atoms with van der Waals surface area (Å²) >= 11 is 6.36. The molecule has 34 heavy (non-hydrogen) atoms. The van der Waals surface area contributed by atoms with E-state index in [1.54, 1.807) is 24.3 Å². The van der Waals surface area contributed by atoms with E-state index in [9.17, 15) is 13.6 Å². The molecular weight excluding hydrogens is 464 g/mol. The number of hydrogen-bond acceptors (Lipinski definition) is 6. The van der Waals surface area contributed by atoms with Crippen molar-refractivity contribution in [1.29, 1.82) is 0 Å². The summed E-state index contributed by atoms with van der Waals surface area (Å²) in [5.74, 6) is -0.929. The van der Waals surface area contributed by atoms with Gasteiger partial charge in [0.15, 0.2) is 0 Å². The van der Waals surface area contributed by atoms with Crippen molar-refractivity contribution in [2.24, 2.45) is 0 Å². The monoisotopic (exact) mass is 489 g/mol. The molecule has 1 aromatic heterocycles. The number of nitrogens with zero attached hydrogens (tertiary/aromatic N) is 3. The van der Waals surface area contributed by atoms with E-state index in [-0.39, 0.29) is 11.5 Å². The maximum Gasteiger partial charge on any atom is 0.315 e. The SMILES string of the molecule is O=C(Nc1ccc(-c2nnc(NCCCCN3CCC(F)CC3)o2)c(Cl)c1)c1ccccc1F. The fourth-order valence-electron chi connectivity index (χ4n) is 3.79. The number of amides is 1. The molecule has 0 unspecified atom stereocenters. The van der Waals surface area contributed by atoms with Crippen molar-refractivity contribution in [2.75, 3.05) is 36.8 Å². The van der Waals surface area contributed by atoms with Crippen molar-refractivity contribution in [3.63, 3.8) is 0 Å². The molecule has 2 aromatic carbocycles. The van der Waals surface area contributed by atoms with E-state index in [2.05, 4.69) is 25.7 Å². The van der Waals surface area contributed by atoms with Crippen molar-refractivity contribution in [2.45, 2.75) is 31.9 Å². The molecule has 0 aliphatic carbocycles. The highest BCUT2D eigenvalue weighted by atomic mass is 35.5. The molecule has 1 aliphatic heterocycles. The molecule has 10 heteroatoms. The zero-order chi connectivity index (χ0) is 23.9. The molecule has 0 atom stereocenters. The Morgan fingerprint density at radius 3 is 2.71 bits per heavy atom. The number of carbonyl (C=O) groups excluding carboxylic acids is 1. The van der Waals surface area contributed by atoms with Gasteiger partial charge in [0.05, 0.1) is 16.1 Å². The summed E-state index contributed by atoms with van der Waals surface area (Å²) in [7, 11) is 0. The van der Waals surface area contributed by atoms with Crippen LogP contribution in [0.25, 0.3) is 11.5 Å². The molecule has 7 nitrogen and oxygen atoms in total. The number of halogens is 3. The van der Waals surface area contributed by atoms with Crippen LogP contribution in [0.3, 0.4) is 0 Å². The molecule has 0 bridgehead atoms. The highest BCUT2D eigenvalue weighted by molar-refractivity contribution is 6.33.